The van der Waals surface area contributed by atoms with Crippen molar-refractivity contribution < 1.29 is 0 Å². The second-order valence-corrected chi connectivity index (χ2v) is 3.37. The highest BCUT2D eigenvalue weighted by atomic mass is 35.5. The predicted octanol–water partition coefficient (Wildman–Crippen LogP) is 1.69. The van der Waals surface area contributed by atoms with Gasteiger partial charge in [0.1, 0.15) is 11.8 Å². The Balaban J connectivity index is 2.60. The van der Waals surface area contributed by atoms with Crippen molar-refractivity contribution in [2.45, 2.75) is 0 Å². The molecule has 1 N–H and O–H groups in total. The Morgan fingerprint density at radius 2 is 2.20 bits per heavy atom. The molecule has 15 heavy (non-hydrogen) atoms. The van der Waals surface area contributed by atoms with Crippen LogP contribution in [-0.4, -0.2) is 9.78 Å². The van der Waals surface area contributed by atoms with E-state index < -0.39 is 0 Å². The topological polar surface area (TPSA) is 61.6 Å². The minimum absolute atomic E-state index is 0.222. The van der Waals surface area contributed by atoms with Gasteiger partial charge in [-0.15, -0.1) is 0 Å². The Morgan fingerprint density at radius 3 is 2.80 bits per heavy atom. The van der Waals surface area contributed by atoms with Crippen molar-refractivity contribution in [2.24, 2.45) is 0 Å². The van der Waals surface area contributed by atoms with Crippen LogP contribution in [0.3, 0.4) is 0 Å². The summed E-state index contributed by atoms with van der Waals surface area (Å²) in [7, 11) is 0. The molecule has 1 aromatic carbocycles. The molecule has 0 aliphatic carbocycles. The van der Waals surface area contributed by atoms with Crippen LogP contribution in [0.2, 0.25) is 5.02 Å². The maximum atomic E-state index is 11.4. The van der Waals surface area contributed by atoms with Crippen molar-refractivity contribution in [3.8, 4) is 11.8 Å². The number of hydrogen-bond donors (Lipinski definition) is 1. The summed E-state index contributed by atoms with van der Waals surface area (Å²) in [6.45, 7) is 0. The number of hydrogen-bond acceptors (Lipinski definition) is 2. The summed E-state index contributed by atoms with van der Waals surface area (Å²) in [4.78, 5) is 11.4. The number of benzene rings is 1. The smallest absolute Gasteiger partial charge is 0.272 e. The van der Waals surface area contributed by atoms with E-state index in [0.717, 1.165) is 0 Å². The molecule has 0 amide bonds. The molecule has 0 unspecified atom stereocenters. The number of nitrogens with zero attached hydrogens (tertiary/aromatic N) is 2. The maximum Gasteiger partial charge on any atom is 0.272 e. The third-order valence-electron chi connectivity index (χ3n) is 1.91. The molecule has 0 saturated heterocycles. The number of H-pyrrole nitrogens is 1. The highest BCUT2D eigenvalue weighted by molar-refractivity contribution is 6.30. The molecule has 2 aromatic rings. The molecule has 0 atom stereocenters. The lowest BCUT2D eigenvalue weighted by Gasteiger charge is -2.00. The first-order valence-corrected chi connectivity index (χ1v) is 4.56. The number of nitrogens with one attached hydrogen (secondary N) is 1. The van der Waals surface area contributed by atoms with Crippen LogP contribution in [0, 0.1) is 11.3 Å². The summed E-state index contributed by atoms with van der Waals surface area (Å²) in [5.74, 6) is 0. The molecular formula is C10H6ClN3O. The van der Waals surface area contributed by atoms with Crippen LogP contribution in [0.4, 0.5) is 0 Å². The van der Waals surface area contributed by atoms with Crippen LogP contribution < -0.4 is 5.56 Å². The molecule has 1 heterocycles. The van der Waals surface area contributed by atoms with E-state index >= 15 is 0 Å². The lowest BCUT2D eigenvalue weighted by molar-refractivity contribution is 0.844. The van der Waals surface area contributed by atoms with E-state index in [2.05, 4.69) is 5.10 Å². The fourth-order valence-electron chi connectivity index (χ4n) is 1.26. The lowest BCUT2D eigenvalue weighted by atomic mass is 10.3. The Hall–Kier alpha value is -1.99. The van der Waals surface area contributed by atoms with Crippen molar-refractivity contribution >= 4 is 11.6 Å². The number of aromatic amines is 1. The van der Waals surface area contributed by atoms with E-state index in [-0.39, 0.29) is 11.3 Å². The third kappa shape index (κ3) is 1.78. The summed E-state index contributed by atoms with van der Waals surface area (Å²) >= 11 is 5.79. The molecular weight excluding hydrogens is 214 g/mol. The SMILES string of the molecule is N#Cc1cc(=O)n(-c2cccc(Cl)c2)[nH]1. The first-order chi connectivity index (χ1) is 7.20. The van der Waals surface area contributed by atoms with Crippen molar-refractivity contribution in [1.29, 1.82) is 5.26 Å². The summed E-state index contributed by atoms with van der Waals surface area (Å²) < 4.78 is 1.27. The summed E-state index contributed by atoms with van der Waals surface area (Å²) in [5, 5.41) is 11.8. The molecule has 0 fully saturated rings. The van der Waals surface area contributed by atoms with E-state index in [1.165, 1.54) is 10.7 Å². The van der Waals surface area contributed by atoms with E-state index in [9.17, 15) is 4.79 Å². The average Bonchev–Trinajstić information content (AvgIpc) is 2.60. The predicted molar refractivity (Wildman–Crippen MR) is 56.1 cm³/mol. The monoisotopic (exact) mass is 219 g/mol. The van der Waals surface area contributed by atoms with Gasteiger partial charge in [-0.05, 0) is 18.2 Å². The molecule has 74 valence electrons. The quantitative estimate of drug-likeness (QED) is 0.794. The Kier molecular flexibility index (Phi) is 2.32. The van der Waals surface area contributed by atoms with Gasteiger partial charge in [0.15, 0.2) is 0 Å². The summed E-state index contributed by atoms with van der Waals surface area (Å²) in [5.41, 5.74) is 0.544. The second-order valence-electron chi connectivity index (χ2n) is 2.94. The summed E-state index contributed by atoms with van der Waals surface area (Å²) in [6, 6.07) is 9.91. The highest BCUT2D eigenvalue weighted by Crippen LogP contribution is 2.12. The molecule has 5 heteroatoms. The molecule has 0 saturated carbocycles. The van der Waals surface area contributed by atoms with Crippen LogP contribution in [0.15, 0.2) is 35.1 Å². The van der Waals surface area contributed by atoms with Gasteiger partial charge in [-0.3, -0.25) is 9.89 Å². The van der Waals surface area contributed by atoms with Gasteiger partial charge in [0.05, 0.1) is 5.69 Å². The van der Waals surface area contributed by atoms with E-state index in [0.29, 0.717) is 10.7 Å². The fourth-order valence-corrected chi connectivity index (χ4v) is 1.44. The molecule has 0 spiro atoms. The zero-order valence-electron chi connectivity index (χ0n) is 7.57. The van der Waals surface area contributed by atoms with E-state index in [1.807, 2.05) is 6.07 Å². The van der Waals surface area contributed by atoms with Crippen molar-refractivity contribution in [3.63, 3.8) is 0 Å². The van der Waals surface area contributed by atoms with Crippen LogP contribution in [0.25, 0.3) is 5.69 Å². The van der Waals surface area contributed by atoms with Gasteiger partial charge in [0.2, 0.25) is 0 Å². The third-order valence-corrected chi connectivity index (χ3v) is 2.14. The Labute approximate surface area is 90.3 Å². The minimum Gasteiger partial charge on any atom is -0.281 e. The Bertz CT molecular complexity index is 591. The van der Waals surface area contributed by atoms with Gasteiger partial charge in [0, 0.05) is 11.1 Å². The van der Waals surface area contributed by atoms with Crippen molar-refractivity contribution in [1.82, 2.24) is 9.78 Å². The zero-order valence-corrected chi connectivity index (χ0v) is 8.32. The summed E-state index contributed by atoms with van der Waals surface area (Å²) in [6.07, 6.45) is 0. The largest absolute Gasteiger partial charge is 0.281 e. The van der Waals surface area contributed by atoms with E-state index in [1.54, 1.807) is 24.3 Å². The molecule has 4 nitrogen and oxygen atoms in total. The van der Waals surface area contributed by atoms with Crippen LogP contribution in [0.5, 0.6) is 0 Å². The Morgan fingerprint density at radius 1 is 1.40 bits per heavy atom. The molecule has 2 rings (SSSR count). The van der Waals surface area contributed by atoms with Gasteiger partial charge >= 0.3 is 0 Å². The number of aromatic nitrogens is 2. The first-order valence-electron chi connectivity index (χ1n) is 4.19. The number of halogens is 1. The molecule has 0 aliphatic rings. The molecule has 0 bridgehead atoms. The van der Waals surface area contributed by atoms with Gasteiger partial charge in [-0.1, -0.05) is 17.7 Å². The van der Waals surface area contributed by atoms with Gasteiger partial charge < -0.3 is 0 Å². The standard InChI is InChI=1S/C10H6ClN3O/c11-7-2-1-3-9(4-7)14-10(15)5-8(6-12)13-14/h1-5,13H. The average molecular weight is 220 g/mol. The molecule has 1 aromatic heterocycles. The number of rotatable bonds is 1. The van der Waals surface area contributed by atoms with Crippen LogP contribution >= 0.6 is 11.6 Å². The molecule has 0 radical (unpaired) electrons. The van der Waals surface area contributed by atoms with Gasteiger partial charge in [-0.25, -0.2) is 4.68 Å². The minimum atomic E-state index is -0.284. The van der Waals surface area contributed by atoms with Crippen molar-refractivity contribution in [3.05, 3.63) is 51.4 Å². The van der Waals surface area contributed by atoms with Crippen LogP contribution in [0.1, 0.15) is 5.69 Å². The normalized spacial score (nSPS) is 9.87. The maximum absolute atomic E-state index is 11.4. The highest BCUT2D eigenvalue weighted by Gasteiger charge is 2.04. The van der Waals surface area contributed by atoms with Gasteiger partial charge in [0.25, 0.3) is 5.56 Å². The fraction of sp³-hybridized carbons (Fsp3) is 0. The van der Waals surface area contributed by atoms with Gasteiger partial charge in [-0.2, -0.15) is 5.26 Å². The zero-order chi connectivity index (χ0) is 10.8. The number of nitriles is 1. The van der Waals surface area contributed by atoms with Crippen molar-refractivity contribution in [2.75, 3.05) is 0 Å². The van der Waals surface area contributed by atoms with Crippen LogP contribution in [-0.2, 0) is 0 Å². The molecule has 0 aliphatic heterocycles. The van der Waals surface area contributed by atoms with E-state index in [4.69, 9.17) is 16.9 Å². The second kappa shape index (κ2) is 3.64. The lowest BCUT2D eigenvalue weighted by Crippen LogP contribution is -2.13. The first kappa shape index (κ1) is 9.56.